The third-order valence-corrected chi connectivity index (χ3v) is 5.21. The second-order valence-electron chi connectivity index (χ2n) is 6.85. The second kappa shape index (κ2) is 6.32. The van der Waals surface area contributed by atoms with Crippen LogP contribution in [0.1, 0.15) is 38.1 Å². The van der Waals surface area contributed by atoms with Gasteiger partial charge in [0.1, 0.15) is 5.82 Å². The summed E-state index contributed by atoms with van der Waals surface area (Å²) < 4.78 is 2.13. The molecule has 2 aromatic rings. The van der Waals surface area contributed by atoms with E-state index < -0.39 is 0 Å². The Balaban J connectivity index is 1.42. The van der Waals surface area contributed by atoms with Crippen LogP contribution < -0.4 is 10.6 Å². The molecule has 23 heavy (non-hydrogen) atoms. The summed E-state index contributed by atoms with van der Waals surface area (Å²) in [5.74, 6) is 1.93. The van der Waals surface area contributed by atoms with E-state index in [9.17, 15) is 0 Å². The monoisotopic (exact) mass is 311 g/mol. The van der Waals surface area contributed by atoms with Gasteiger partial charge in [0.2, 0.25) is 0 Å². The third kappa shape index (κ3) is 2.98. The SMILES string of the molecule is NCCCC1CC(n2cc(-c3cccc(N4CCC4)n3)cn2)C1. The number of anilines is 1. The highest BCUT2D eigenvalue weighted by Crippen LogP contribution is 2.40. The highest BCUT2D eigenvalue weighted by Gasteiger charge is 2.30. The van der Waals surface area contributed by atoms with Gasteiger partial charge in [0.15, 0.2) is 0 Å². The van der Waals surface area contributed by atoms with Crippen molar-refractivity contribution < 1.29 is 0 Å². The van der Waals surface area contributed by atoms with Gasteiger partial charge in [-0.15, -0.1) is 0 Å². The molecule has 2 N–H and O–H groups in total. The number of rotatable bonds is 6. The van der Waals surface area contributed by atoms with Gasteiger partial charge >= 0.3 is 0 Å². The molecule has 5 nitrogen and oxygen atoms in total. The van der Waals surface area contributed by atoms with Gasteiger partial charge in [-0.2, -0.15) is 5.10 Å². The molecular formula is C18H25N5. The van der Waals surface area contributed by atoms with Crippen molar-refractivity contribution in [2.24, 2.45) is 11.7 Å². The van der Waals surface area contributed by atoms with Crippen molar-refractivity contribution in [2.45, 2.75) is 38.1 Å². The standard InChI is InChI=1S/C18H25N5/c19-7-2-4-14-10-16(11-14)23-13-15(12-20-23)17-5-1-6-18(21-17)22-8-3-9-22/h1,5-6,12-14,16H,2-4,7-11,19H2. The van der Waals surface area contributed by atoms with Crippen LogP contribution in [-0.4, -0.2) is 34.4 Å². The largest absolute Gasteiger partial charge is 0.356 e. The van der Waals surface area contributed by atoms with E-state index in [1.165, 1.54) is 25.7 Å². The van der Waals surface area contributed by atoms with Gasteiger partial charge in [-0.1, -0.05) is 6.07 Å². The Labute approximate surface area is 137 Å². The molecule has 0 unspecified atom stereocenters. The zero-order valence-electron chi connectivity index (χ0n) is 13.6. The first-order valence-electron chi connectivity index (χ1n) is 8.80. The van der Waals surface area contributed by atoms with Crippen LogP contribution in [0.15, 0.2) is 30.6 Å². The molecule has 0 atom stereocenters. The molecule has 2 aromatic heterocycles. The lowest BCUT2D eigenvalue weighted by Crippen LogP contribution is -2.37. The van der Waals surface area contributed by atoms with E-state index in [0.717, 1.165) is 49.0 Å². The fourth-order valence-electron chi connectivity index (χ4n) is 3.53. The molecule has 4 rings (SSSR count). The summed E-state index contributed by atoms with van der Waals surface area (Å²) in [7, 11) is 0. The van der Waals surface area contributed by atoms with E-state index in [1.807, 2.05) is 6.20 Å². The molecule has 0 aromatic carbocycles. The number of nitrogens with two attached hydrogens (primary N) is 1. The maximum Gasteiger partial charge on any atom is 0.129 e. The minimum atomic E-state index is 0.560. The second-order valence-corrected chi connectivity index (χ2v) is 6.85. The molecule has 0 radical (unpaired) electrons. The van der Waals surface area contributed by atoms with E-state index in [0.29, 0.717) is 6.04 Å². The van der Waals surface area contributed by atoms with Crippen LogP contribution in [0.3, 0.4) is 0 Å². The number of aromatic nitrogens is 3. The molecule has 2 fully saturated rings. The maximum atomic E-state index is 5.59. The van der Waals surface area contributed by atoms with Gasteiger partial charge in [0.05, 0.1) is 17.9 Å². The van der Waals surface area contributed by atoms with Gasteiger partial charge in [0.25, 0.3) is 0 Å². The predicted molar refractivity (Wildman–Crippen MR) is 92.3 cm³/mol. The van der Waals surface area contributed by atoms with Crippen molar-refractivity contribution in [2.75, 3.05) is 24.5 Å². The number of nitrogens with zero attached hydrogens (tertiary/aromatic N) is 4. The third-order valence-electron chi connectivity index (χ3n) is 5.21. The molecule has 0 amide bonds. The maximum absolute atomic E-state index is 5.59. The van der Waals surface area contributed by atoms with Gasteiger partial charge in [-0.25, -0.2) is 4.98 Å². The van der Waals surface area contributed by atoms with Gasteiger partial charge in [0, 0.05) is 24.8 Å². The molecule has 1 saturated carbocycles. The molecule has 122 valence electrons. The number of hydrogen-bond acceptors (Lipinski definition) is 4. The zero-order chi connectivity index (χ0) is 15.6. The van der Waals surface area contributed by atoms with Crippen molar-refractivity contribution in [3.63, 3.8) is 0 Å². The van der Waals surface area contributed by atoms with Gasteiger partial charge < -0.3 is 10.6 Å². The normalized spacial score (nSPS) is 23.4. The molecule has 0 spiro atoms. The average Bonchev–Trinajstić information content (AvgIpc) is 2.94. The van der Waals surface area contributed by atoms with Crippen LogP contribution in [0.25, 0.3) is 11.3 Å². The minimum Gasteiger partial charge on any atom is -0.356 e. The van der Waals surface area contributed by atoms with E-state index >= 15 is 0 Å². The van der Waals surface area contributed by atoms with Crippen LogP contribution in [0, 0.1) is 5.92 Å². The minimum absolute atomic E-state index is 0.560. The first-order chi connectivity index (χ1) is 11.3. The molecule has 5 heteroatoms. The van der Waals surface area contributed by atoms with Gasteiger partial charge in [-0.05, 0) is 56.7 Å². The molecule has 2 aliphatic rings. The summed E-state index contributed by atoms with van der Waals surface area (Å²) in [6, 6.07) is 6.83. The van der Waals surface area contributed by atoms with Crippen LogP contribution in [0.2, 0.25) is 0 Å². The summed E-state index contributed by atoms with van der Waals surface area (Å²) >= 11 is 0. The molecule has 3 heterocycles. The van der Waals surface area contributed by atoms with Crippen molar-refractivity contribution >= 4 is 5.82 Å². The number of pyridine rings is 1. The molecular weight excluding hydrogens is 286 g/mol. The lowest BCUT2D eigenvalue weighted by Gasteiger charge is -2.35. The van der Waals surface area contributed by atoms with Crippen molar-refractivity contribution in [1.82, 2.24) is 14.8 Å². The fraction of sp³-hybridized carbons (Fsp3) is 0.556. The summed E-state index contributed by atoms with van der Waals surface area (Å²) in [6.45, 7) is 3.07. The first kappa shape index (κ1) is 14.7. The Morgan fingerprint density at radius 3 is 2.83 bits per heavy atom. The summed E-state index contributed by atoms with van der Waals surface area (Å²) in [5, 5.41) is 4.58. The Morgan fingerprint density at radius 1 is 1.22 bits per heavy atom. The Hall–Kier alpha value is -1.88. The Kier molecular flexibility index (Phi) is 4.04. The molecule has 0 bridgehead atoms. The lowest BCUT2D eigenvalue weighted by molar-refractivity contribution is 0.171. The topological polar surface area (TPSA) is 60.0 Å². The molecule has 1 saturated heterocycles. The molecule has 1 aliphatic carbocycles. The highest BCUT2D eigenvalue weighted by atomic mass is 15.3. The first-order valence-corrected chi connectivity index (χ1v) is 8.80. The lowest BCUT2D eigenvalue weighted by atomic mass is 9.77. The smallest absolute Gasteiger partial charge is 0.129 e. The number of hydrogen-bond donors (Lipinski definition) is 1. The van der Waals surface area contributed by atoms with Crippen LogP contribution >= 0.6 is 0 Å². The predicted octanol–water partition coefficient (Wildman–Crippen LogP) is 2.85. The van der Waals surface area contributed by atoms with E-state index in [2.05, 4.69) is 39.1 Å². The molecule has 1 aliphatic heterocycles. The zero-order valence-corrected chi connectivity index (χ0v) is 13.6. The Bertz CT molecular complexity index is 655. The van der Waals surface area contributed by atoms with Crippen LogP contribution in [-0.2, 0) is 0 Å². The quantitative estimate of drug-likeness (QED) is 0.891. The van der Waals surface area contributed by atoms with Crippen LogP contribution in [0.4, 0.5) is 5.82 Å². The summed E-state index contributed by atoms with van der Waals surface area (Å²) in [5.41, 5.74) is 7.74. The summed E-state index contributed by atoms with van der Waals surface area (Å²) in [6.07, 6.45) is 10.3. The van der Waals surface area contributed by atoms with Crippen molar-refractivity contribution in [1.29, 1.82) is 0 Å². The van der Waals surface area contributed by atoms with E-state index in [-0.39, 0.29) is 0 Å². The summed E-state index contributed by atoms with van der Waals surface area (Å²) in [4.78, 5) is 7.12. The van der Waals surface area contributed by atoms with Crippen LogP contribution in [0.5, 0.6) is 0 Å². The Morgan fingerprint density at radius 2 is 2.09 bits per heavy atom. The fourth-order valence-corrected chi connectivity index (χ4v) is 3.53. The van der Waals surface area contributed by atoms with Crippen molar-refractivity contribution in [3.8, 4) is 11.3 Å². The van der Waals surface area contributed by atoms with E-state index in [4.69, 9.17) is 10.7 Å². The van der Waals surface area contributed by atoms with Gasteiger partial charge in [-0.3, -0.25) is 4.68 Å². The van der Waals surface area contributed by atoms with Crippen molar-refractivity contribution in [3.05, 3.63) is 30.6 Å². The highest BCUT2D eigenvalue weighted by molar-refractivity contribution is 5.60. The van der Waals surface area contributed by atoms with E-state index in [1.54, 1.807) is 0 Å². The average molecular weight is 311 g/mol.